The molecule has 1 N–H and O–H groups in total. The zero-order valence-corrected chi connectivity index (χ0v) is 13.6. The molecule has 120 valence electrons. The van der Waals surface area contributed by atoms with Crippen molar-refractivity contribution in [3.05, 3.63) is 40.9 Å². The first-order valence-corrected chi connectivity index (χ1v) is 8.05. The zero-order valence-electron chi connectivity index (χ0n) is 12.9. The van der Waals surface area contributed by atoms with Crippen molar-refractivity contribution in [3.8, 4) is 11.8 Å². The van der Waals surface area contributed by atoms with Crippen molar-refractivity contribution in [2.75, 3.05) is 5.32 Å². The fourth-order valence-corrected chi connectivity index (χ4v) is 2.91. The molecule has 0 radical (unpaired) electrons. The lowest BCUT2D eigenvalue weighted by atomic mass is 9.93. The molecule has 2 atom stereocenters. The van der Waals surface area contributed by atoms with Crippen LogP contribution >= 0.6 is 11.6 Å². The van der Waals surface area contributed by atoms with Crippen LogP contribution in [0.3, 0.4) is 0 Å². The summed E-state index contributed by atoms with van der Waals surface area (Å²) in [5.41, 5.74) is 2.38. The van der Waals surface area contributed by atoms with E-state index in [1.807, 2.05) is 13.2 Å². The number of rotatable bonds is 2. The van der Waals surface area contributed by atoms with E-state index in [9.17, 15) is 4.39 Å². The first-order valence-electron chi connectivity index (χ1n) is 7.67. The van der Waals surface area contributed by atoms with Gasteiger partial charge in [-0.15, -0.1) is 0 Å². The van der Waals surface area contributed by atoms with E-state index < -0.39 is 6.17 Å². The molecule has 1 saturated carbocycles. The fourth-order valence-electron chi connectivity index (χ4n) is 2.76. The Morgan fingerprint density at radius 3 is 2.96 bits per heavy atom. The molecular weight excluding hydrogens is 315 g/mol. The minimum Gasteiger partial charge on any atom is -0.381 e. The zero-order chi connectivity index (χ0) is 16.2. The summed E-state index contributed by atoms with van der Waals surface area (Å²) in [6.07, 6.45) is 7.49. The summed E-state index contributed by atoms with van der Waals surface area (Å²) in [5, 5.41) is 7.86. The number of hydrogen-bond acceptors (Lipinski definition) is 3. The third-order valence-corrected chi connectivity index (χ3v) is 4.09. The lowest BCUT2D eigenvalue weighted by Crippen LogP contribution is -2.28. The molecule has 6 heteroatoms. The average molecular weight is 333 g/mol. The Bertz CT molecular complexity index is 747. The normalized spacial score (nSPS) is 20.7. The molecule has 1 aliphatic rings. The van der Waals surface area contributed by atoms with Gasteiger partial charge in [0.05, 0.1) is 23.0 Å². The number of alkyl halides is 1. The number of aromatic nitrogens is 3. The molecule has 0 aromatic carbocycles. The Kier molecular flexibility index (Phi) is 4.82. The van der Waals surface area contributed by atoms with Crippen LogP contribution in [0.1, 0.15) is 36.8 Å². The molecule has 0 bridgehead atoms. The van der Waals surface area contributed by atoms with E-state index in [1.54, 1.807) is 23.1 Å². The second-order valence-corrected chi connectivity index (χ2v) is 6.20. The topological polar surface area (TPSA) is 42.7 Å². The van der Waals surface area contributed by atoms with E-state index in [0.717, 1.165) is 29.7 Å². The summed E-state index contributed by atoms with van der Waals surface area (Å²) in [7, 11) is 1.85. The van der Waals surface area contributed by atoms with Gasteiger partial charge in [-0.25, -0.2) is 9.37 Å². The monoisotopic (exact) mass is 332 g/mol. The van der Waals surface area contributed by atoms with Crippen molar-refractivity contribution < 1.29 is 4.39 Å². The molecule has 3 rings (SSSR count). The second kappa shape index (κ2) is 7.01. The highest BCUT2D eigenvalue weighted by Crippen LogP contribution is 2.26. The first-order chi connectivity index (χ1) is 11.1. The van der Waals surface area contributed by atoms with E-state index in [4.69, 9.17) is 11.6 Å². The molecule has 2 unspecified atom stereocenters. The van der Waals surface area contributed by atoms with Gasteiger partial charge in [0.15, 0.2) is 0 Å². The minimum absolute atomic E-state index is 0.108. The van der Waals surface area contributed by atoms with Crippen LogP contribution in [0.2, 0.25) is 5.15 Å². The van der Waals surface area contributed by atoms with Gasteiger partial charge in [0, 0.05) is 25.5 Å². The van der Waals surface area contributed by atoms with Crippen molar-refractivity contribution in [2.45, 2.75) is 37.9 Å². The van der Waals surface area contributed by atoms with Crippen molar-refractivity contribution >= 4 is 17.3 Å². The maximum absolute atomic E-state index is 13.6. The Balaban J connectivity index is 1.81. The predicted molar refractivity (Wildman–Crippen MR) is 89.2 cm³/mol. The maximum atomic E-state index is 13.6. The van der Waals surface area contributed by atoms with Crippen molar-refractivity contribution in [3.63, 3.8) is 0 Å². The van der Waals surface area contributed by atoms with Gasteiger partial charge in [-0.3, -0.25) is 4.68 Å². The number of halogens is 2. The molecule has 1 aliphatic carbocycles. The van der Waals surface area contributed by atoms with Crippen molar-refractivity contribution in [1.82, 2.24) is 14.8 Å². The maximum Gasteiger partial charge on any atom is 0.131 e. The van der Waals surface area contributed by atoms with Gasteiger partial charge in [-0.05, 0) is 31.7 Å². The van der Waals surface area contributed by atoms with Gasteiger partial charge < -0.3 is 5.32 Å². The summed E-state index contributed by atoms with van der Waals surface area (Å²) >= 11 is 6.00. The summed E-state index contributed by atoms with van der Waals surface area (Å²) in [6, 6.07) is 1.85. The third kappa shape index (κ3) is 4.23. The number of aryl methyl sites for hydroxylation is 1. The van der Waals surface area contributed by atoms with Gasteiger partial charge in [0.1, 0.15) is 11.3 Å². The van der Waals surface area contributed by atoms with Crippen LogP contribution in [-0.2, 0) is 7.05 Å². The first kappa shape index (κ1) is 15.8. The Labute approximate surface area is 140 Å². The number of nitrogens with one attached hydrogen (secondary N) is 1. The van der Waals surface area contributed by atoms with Gasteiger partial charge >= 0.3 is 0 Å². The summed E-state index contributed by atoms with van der Waals surface area (Å²) < 4.78 is 15.3. The average Bonchev–Trinajstić information content (AvgIpc) is 2.92. The third-order valence-electron chi connectivity index (χ3n) is 3.89. The molecule has 2 aromatic heterocycles. The predicted octanol–water partition coefficient (Wildman–Crippen LogP) is 3.56. The van der Waals surface area contributed by atoms with Crippen LogP contribution in [0.4, 0.5) is 10.1 Å². The van der Waals surface area contributed by atoms with Gasteiger partial charge in [0.25, 0.3) is 0 Å². The number of pyridine rings is 1. The molecule has 23 heavy (non-hydrogen) atoms. The number of nitrogens with zero attached hydrogens (tertiary/aromatic N) is 3. The molecule has 2 heterocycles. The van der Waals surface area contributed by atoms with Crippen molar-refractivity contribution in [1.29, 1.82) is 0 Å². The molecule has 1 fully saturated rings. The summed E-state index contributed by atoms with van der Waals surface area (Å²) in [4.78, 5) is 4.09. The van der Waals surface area contributed by atoms with Crippen LogP contribution in [0.25, 0.3) is 0 Å². The standard InChI is InChI=1S/C17H18ClFN4/c1-23-11-12(9-21-23)5-6-13-10-20-17(18)8-16(13)22-15-4-2-3-14(19)7-15/h8-11,14-15H,2-4,7H2,1H3,(H,20,22). The fraction of sp³-hybridized carbons (Fsp3) is 0.412. The summed E-state index contributed by atoms with van der Waals surface area (Å²) in [5.74, 6) is 6.15. The number of anilines is 1. The van der Waals surface area contributed by atoms with E-state index in [-0.39, 0.29) is 6.04 Å². The highest BCUT2D eigenvalue weighted by molar-refractivity contribution is 6.29. The van der Waals surface area contributed by atoms with Crippen molar-refractivity contribution in [2.24, 2.45) is 7.05 Å². The molecule has 0 spiro atoms. The van der Waals surface area contributed by atoms with Crippen LogP contribution in [-0.4, -0.2) is 27.0 Å². The van der Waals surface area contributed by atoms with E-state index in [2.05, 4.69) is 27.2 Å². The van der Waals surface area contributed by atoms with Crippen LogP contribution in [0.5, 0.6) is 0 Å². The van der Waals surface area contributed by atoms with Gasteiger partial charge in [-0.2, -0.15) is 5.10 Å². The largest absolute Gasteiger partial charge is 0.381 e. The van der Waals surface area contributed by atoms with E-state index in [1.165, 1.54) is 0 Å². The highest BCUT2D eigenvalue weighted by atomic mass is 35.5. The lowest BCUT2D eigenvalue weighted by molar-refractivity contribution is 0.239. The minimum atomic E-state index is -0.733. The molecule has 2 aromatic rings. The number of hydrogen-bond donors (Lipinski definition) is 1. The Morgan fingerprint density at radius 2 is 2.22 bits per heavy atom. The Morgan fingerprint density at radius 1 is 1.35 bits per heavy atom. The highest BCUT2D eigenvalue weighted by Gasteiger charge is 2.21. The molecular formula is C17H18ClFN4. The van der Waals surface area contributed by atoms with E-state index >= 15 is 0 Å². The summed E-state index contributed by atoms with van der Waals surface area (Å²) in [6.45, 7) is 0. The molecule has 0 amide bonds. The van der Waals surface area contributed by atoms with Gasteiger partial charge in [-0.1, -0.05) is 23.4 Å². The Hall–Kier alpha value is -2.06. The quantitative estimate of drug-likeness (QED) is 0.675. The smallest absolute Gasteiger partial charge is 0.131 e. The molecule has 0 aliphatic heterocycles. The molecule has 4 nitrogen and oxygen atoms in total. The van der Waals surface area contributed by atoms with Crippen LogP contribution in [0, 0.1) is 11.8 Å². The SMILES string of the molecule is Cn1cc(C#Cc2cnc(Cl)cc2NC2CCCC(F)C2)cn1. The van der Waals surface area contributed by atoms with Crippen LogP contribution in [0.15, 0.2) is 24.7 Å². The van der Waals surface area contributed by atoms with E-state index in [0.29, 0.717) is 18.0 Å². The second-order valence-electron chi connectivity index (χ2n) is 5.81. The lowest BCUT2D eigenvalue weighted by Gasteiger charge is -2.26. The van der Waals surface area contributed by atoms with Crippen LogP contribution < -0.4 is 5.32 Å². The molecule has 0 saturated heterocycles. The van der Waals surface area contributed by atoms with Gasteiger partial charge in [0.2, 0.25) is 0 Å².